The molecule has 2 heterocycles. The average molecular weight is 268 g/mol. The first-order valence-electron chi connectivity index (χ1n) is 6.39. The highest BCUT2D eigenvalue weighted by Gasteiger charge is 2.33. The molecule has 0 spiro atoms. The lowest BCUT2D eigenvalue weighted by atomic mass is 10.1. The van der Waals surface area contributed by atoms with Crippen LogP contribution in [0.4, 0.5) is 4.79 Å². The van der Waals surface area contributed by atoms with E-state index in [4.69, 9.17) is 15.0 Å². The molecule has 0 radical (unpaired) electrons. The van der Waals surface area contributed by atoms with Crippen LogP contribution in [0.5, 0.6) is 0 Å². The zero-order valence-corrected chi connectivity index (χ0v) is 11.5. The van der Waals surface area contributed by atoms with Gasteiger partial charge < -0.3 is 19.9 Å². The molecule has 0 aliphatic carbocycles. The first-order chi connectivity index (χ1) is 8.89. The van der Waals surface area contributed by atoms with Crippen molar-refractivity contribution in [2.24, 2.45) is 5.73 Å². The van der Waals surface area contributed by atoms with Gasteiger partial charge in [0.1, 0.15) is 5.60 Å². The molecule has 2 N–H and O–H groups in total. The molecule has 7 heteroatoms. The minimum Gasteiger partial charge on any atom is -0.444 e. The molecule has 0 bridgehead atoms. The summed E-state index contributed by atoms with van der Waals surface area (Å²) in [6.07, 6.45) is 0.499. The Hall–Kier alpha value is -1.63. The summed E-state index contributed by atoms with van der Waals surface area (Å²) in [6, 6.07) is 0. The molecule has 1 aliphatic rings. The van der Waals surface area contributed by atoms with Crippen LogP contribution < -0.4 is 5.73 Å². The van der Waals surface area contributed by atoms with Gasteiger partial charge in [-0.15, -0.1) is 0 Å². The van der Waals surface area contributed by atoms with Crippen LogP contribution in [0.15, 0.2) is 4.52 Å². The number of nitrogens with zero attached hydrogens (tertiary/aromatic N) is 3. The van der Waals surface area contributed by atoms with E-state index in [1.807, 2.05) is 20.8 Å². The fourth-order valence-electron chi connectivity index (χ4n) is 1.97. The number of carbonyl (C=O) groups is 1. The molecular formula is C12H20N4O3. The fraction of sp³-hybridized carbons (Fsp3) is 0.750. The van der Waals surface area contributed by atoms with Crippen molar-refractivity contribution < 1.29 is 14.1 Å². The first kappa shape index (κ1) is 13.8. The highest BCUT2D eigenvalue weighted by Crippen LogP contribution is 2.27. The summed E-state index contributed by atoms with van der Waals surface area (Å²) in [7, 11) is 0. The maximum absolute atomic E-state index is 11.9. The van der Waals surface area contributed by atoms with E-state index in [1.54, 1.807) is 4.90 Å². The average Bonchev–Trinajstić information content (AvgIpc) is 2.95. The quantitative estimate of drug-likeness (QED) is 0.867. The van der Waals surface area contributed by atoms with Gasteiger partial charge >= 0.3 is 6.09 Å². The summed E-state index contributed by atoms with van der Waals surface area (Å²) < 4.78 is 10.5. The number of nitrogens with two attached hydrogens (primary N) is 1. The van der Waals surface area contributed by atoms with Gasteiger partial charge in [-0.25, -0.2) is 4.79 Å². The van der Waals surface area contributed by atoms with Crippen LogP contribution in [0.3, 0.4) is 0 Å². The maximum Gasteiger partial charge on any atom is 0.410 e. The van der Waals surface area contributed by atoms with Crippen molar-refractivity contribution in [3.63, 3.8) is 0 Å². The molecule has 106 valence electrons. The lowest BCUT2D eigenvalue weighted by molar-refractivity contribution is 0.0291. The summed E-state index contributed by atoms with van der Waals surface area (Å²) in [6.45, 7) is 6.99. The predicted molar refractivity (Wildman–Crippen MR) is 67.4 cm³/mol. The third kappa shape index (κ3) is 3.44. The summed E-state index contributed by atoms with van der Waals surface area (Å²) in [5.74, 6) is 1.11. The molecule has 1 aromatic heterocycles. The van der Waals surface area contributed by atoms with Crippen molar-refractivity contribution >= 4 is 6.09 Å². The third-order valence-corrected chi connectivity index (χ3v) is 2.86. The van der Waals surface area contributed by atoms with Crippen molar-refractivity contribution in [1.82, 2.24) is 15.0 Å². The second kappa shape index (κ2) is 5.16. The number of ether oxygens (including phenoxy) is 1. The van der Waals surface area contributed by atoms with E-state index in [1.165, 1.54) is 0 Å². The van der Waals surface area contributed by atoms with Crippen LogP contribution in [-0.4, -0.2) is 39.8 Å². The number of rotatable bonds is 2. The van der Waals surface area contributed by atoms with Gasteiger partial charge in [0.15, 0.2) is 5.82 Å². The van der Waals surface area contributed by atoms with Crippen molar-refractivity contribution in [2.45, 2.75) is 45.3 Å². The summed E-state index contributed by atoms with van der Waals surface area (Å²) in [5.41, 5.74) is 4.96. The zero-order chi connectivity index (χ0) is 14.0. The van der Waals surface area contributed by atoms with Crippen LogP contribution in [0.1, 0.15) is 44.8 Å². The third-order valence-electron chi connectivity index (χ3n) is 2.86. The molecule has 1 aliphatic heterocycles. The highest BCUT2D eigenvalue weighted by molar-refractivity contribution is 5.68. The van der Waals surface area contributed by atoms with Crippen LogP contribution >= 0.6 is 0 Å². The maximum atomic E-state index is 11.9. The number of carbonyl (C=O) groups excluding carboxylic acids is 1. The molecule has 1 atom stereocenters. The van der Waals surface area contributed by atoms with E-state index in [0.29, 0.717) is 24.8 Å². The van der Waals surface area contributed by atoms with Crippen LogP contribution in [-0.2, 0) is 11.3 Å². The Kier molecular flexibility index (Phi) is 3.75. The SMILES string of the molecule is CC(C)(C)OC(=O)N1CCC(c2nc(CN)no2)C1. The Balaban J connectivity index is 1.94. The van der Waals surface area contributed by atoms with Gasteiger partial charge in [0.2, 0.25) is 5.89 Å². The Morgan fingerprint density at radius 3 is 2.89 bits per heavy atom. The Morgan fingerprint density at radius 1 is 1.58 bits per heavy atom. The second-order valence-corrected chi connectivity index (χ2v) is 5.66. The van der Waals surface area contributed by atoms with Crippen molar-refractivity contribution in [3.05, 3.63) is 11.7 Å². The lowest BCUT2D eigenvalue weighted by Gasteiger charge is -2.24. The van der Waals surface area contributed by atoms with Crippen molar-refractivity contribution in [3.8, 4) is 0 Å². The van der Waals surface area contributed by atoms with Gasteiger partial charge in [-0.05, 0) is 27.2 Å². The van der Waals surface area contributed by atoms with Gasteiger partial charge in [0.05, 0.1) is 12.5 Å². The van der Waals surface area contributed by atoms with Gasteiger partial charge in [-0.1, -0.05) is 5.16 Å². The Bertz CT molecular complexity index is 452. The lowest BCUT2D eigenvalue weighted by Crippen LogP contribution is -2.35. The molecule has 1 saturated heterocycles. The van der Waals surface area contributed by atoms with E-state index in [9.17, 15) is 4.79 Å². The molecule has 0 aromatic carbocycles. The number of amides is 1. The number of hydrogen-bond acceptors (Lipinski definition) is 6. The first-order valence-corrected chi connectivity index (χ1v) is 6.39. The second-order valence-electron chi connectivity index (χ2n) is 5.66. The molecule has 0 saturated carbocycles. The van der Waals surface area contributed by atoms with E-state index < -0.39 is 5.60 Å². The predicted octanol–water partition coefficient (Wildman–Crippen LogP) is 1.25. The smallest absolute Gasteiger partial charge is 0.410 e. The fourth-order valence-corrected chi connectivity index (χ4v) is 1.97. The molecule has 7 nitrogen and oxygen atoms in total. The minimum absolute atomic E-state index is 0.0697. The highest BCUT2D eigenvalue weighted by atomic mass is 16.6. The van der Waals surface area contributed by atoms with Crippen LogP contribution in [0.25, 0.3) is 0 Å². The van der Waals surface area contributed by atoms with Gasteiger partial charge in [-0.2, -0.15) is 4.98 Å². The number of aromatic nitrogens is 2. The van der Waals surface area contributed by atoms with E-state index in [2.05, 4.69) is 10.1 Å². The van der Waals surface area contributed by atoms with Gasteiger partial charge in [0, 0.05) is 13.1 Å². The standard InChI is InChI=1S/C12H20N4O3/c1-12(2,3)18-11(17)16-5-4-8(7-16)10-14-9(6-13)15-19-10/h8H,4-7,13H2,1-3H3. The summed E-state index contributed by atoms with van der Waals surface area (Å²) >= 11 is 0. The number of likely N-dealkylation sites (tertiary alicyclic amines) is 1. The monoisotopic (exact) mass is 268 g/mol. The van der Waals surface area contributed by atoms with E-state index in [-0.39, 0.29) is 18.6 Å². The largest absolute Gasteiger partial charge is 0.444 e. The molecule has 1 amide bonds. The molecule has 1 fully saturated rings. The van der Waals surface area contributed by atoms with Gasteiger partial charge in [-0.3, -0.25) is 0 Å². The number of hydrogen-bond donors (Lipinski definition) is 1. The topological polar surface area (TPSA) is 94.5 Å². The van der Waals surface area contributed by atoms with Crippen molar-refractivity contribution in [1.29, 1.82) is 0 Å². The normalized spacial score (nSPS) is 19.8. The van der Waals surface area contributed by atoms with Crippen LogP contribution in [0.2, 0.25) is 0 Å². The zero-order valence-electron chi connectivity index (χ0n) is 11.5. The summed E-state index contributed by atoms with van der Waals surface area (Å²) in [4.78, 5) is 17.8. The molecule has 19 heavy (non-hydrogen) atoms. The molecular weight excluding hydrogens is 248 g/mol. The summed E-state index contributed by atoms with van der Waals surface area (Å²) in [5, 5.41) is 3.76. The molecule has 2 rings (SSSR count). The molecule has 1 aromatic rings. The Labute approximate surface area is 112 Å². The van der Waals surface area contributed by atoms with E-state index in [0.717, 1.165) is 6.42 Å². The molecule has 1 unspecified atom stereocenters. The van der Waals surface area contributed by atoms with E-state index >= 15 is 0 Å². The minimum atomic E-state index is -0.480. The van der Waals surface area contributed by atoms with Crippen molar-refractivity contribution in [2.75, 3.05) is 13.1 Å². The van der Waals surface area contributed by atoms with Gasteiger partial charge in [0.25, 0.3) is 0 Å². The van der Waals surface area contributed by atoms with Crippen LogP contribution in [0, 0.1) is 0 Å². The Morgan fingerprint density at radius 2 is 2.32 bits per heavy atom.